The molecule has 2 aliphatic heterocycles. The topological polar surface area (TPSA) is 131 Å². The lowest BCUT2D eigenvalue weighted by Crippen LogP contribution is -2.42. The average molecular weight is 709 g/mol. The zero-order chi connectivity index (χ0) is 36.4. The third-order valence-corrected chi connectivity index (χ3v) is 9.35. The number of thioether (sulfide) groups is 1. The van der Waals surface area contributed by atoms with Crippen molar-refractivity contribution in [3.8, 4) is 11.5 Å². The fourth-order valence-corrected chi connectivity index (χ4v) is 6.20. The number of carbonyl (C=O) groups excluding carboxylic acids is 3. The molecule has 2 aromatic rings. The summed E-state index contributed by atoms with van der Waals surface area (Å²) < 4.78 is 49.3. The van der Waals surface area contributed by atoms with Crippen LogP contribution >= 0.6 is 11.8 Å². The fourth-order valence-electron chi connectivity index (χ4n) is 5.37. The quantitative estimate of drug-likeness (QED) is 0.115. The minimum Gasteiger partial charge on any atom is -0.489 e. The van der Waals surface area contributed by atoms with Crippen molar-refractivity contribution in [3.63, 3.8) is 0 Å². The van der Waals surface area contributed by atoms with E-state index in [1.807, 2.05) is 24.3 Å². The second-order valence-electron chi connectivity index (χ2n) is 12.2. The molecule has 2 N–H and O–H groups in total. The largest absolute Gasteiger partial charge is 0.490 e. The van der Waals surface area contributed by atoms with Crippen LogP contribution in [0.5, 0.6) is 11.5 Å². The van der Waals surface area contributed by atoms with E-state index in [4.69, 9.17) is 24.1 Å². The number of hydrogen-bond donors (Lipinski definition) is 2. The minimum atomic E-state index is -5.08. The number of carboxylic acids is 1. The van der Waals surface area contributed by atoms with Crippen molar-refractivity contribution in [2.45, 2.75) is 84.4 Å². The number of imide groups is 1. The molecule has 268 valence electrons. The van der Waals surface area contributed by atoms with Gasteiger partial charge in [0.05, 0.1) is 11.5 Å². The highest BCUT2D eigenvalue weighted by atomic mass is 32.2. The summed E-state index contributed by atoms with van der Waals surface area (Å²) in [5.41, 5.74) is 6.52. The Morgan fingerprint density at radius 3 is 2.29 bits per heavy atom. The number of unbranched alkanes of at least 4 members (excludes halogenated alkanes) is 4. The van der Waals surface area contributed by atoms with E-state index in [1.54, 1.807) is 6.08 Å². The summed E-state index contributed by atoms with van der Waals surface area (Å²) in [5, 5.41) is 10.6. The smallest absolute Gasteiger partial charge is 0.489 e. The molecule has 2 heterocycles. The Kier molecular flexibility index (Phi) is 14.0. The van der Waals surface area contributed by atoms with Gasteiger partial charge in [-0.25, -0.2) is 4.79 Å². The lowest BCUT2D eigenvalue weighted by atomic mass is 9.87. The van der Waals surface area contributed by atoms with Crippen LogP contribution in [0.4, 0.5) is 23.7 Å². The van der Waals surface area contributed by atoms with E-state index in [1.165, 1.54) is 35.0 Å². The molecule has 1 atom stereocenters. The van der Waals surface area contributed by atoms with Crippen molar-refractivity contribution in [2.24, 2.45) is 0 Å². The first-order valence-corrected chi connectivity index (χ1v) is 16.7. The molecule has 10 nitrogen and oxygen atoms in total. The standard InChI is InChI=1S/C33H42N2O6S.C2HF3O2/c1-22-23(2)30-27(24(3)29(22)34-17-9-7-6-8-10-18-39-21-36)15-16-33(4,41-30)20-40-26-13-11-25(12-14-26)19-28-31(37)35(5)32(38)42-28;3-2(4,5)1(6)7/h11-14,19,21,34H,6-10,15-18,20H2,1-5H3;(H,6,7)/b28-19-;. The number of halogens is 3. The van der Waals surface area contributed by atoms with Crippen molar-refractivity contribution in [1.82, 2.24) is 4.90 Å². The first-order valence-electron chi connectivity index (χ1n) is 15.9. The van der Waals surface area contributed by atoms with Gasteiger partial charge in [0.1, 0.15) is 23.7 Å². The van der Waals surface area contributed by atoms with Crippen molar-refractivity contribution < 1.29 is 51.7 Å². The van der Waals surface area contributed by atoms with Crippen molar-refractivity contribution in [3.05, 3.63) is 57.0 Å². The lowest BCUT2D eigenvalue weighted by molar-refractivity contribution is -0.192. The van der Waals surface area contributed by atoms with Crippen LogP contribution in [0.3, 0.4) is 0 Å². The normalized spacial score (nSPS) is 18.0. The highest BCUT2D eigenvalue weighted by molar-refractivity contribution is 8.18. The number of nitrogens with one attached hydrogen (secondary N) is 1. The highest BCUT2D eigenvalue weighted by Crippen LogP contribution is 2.43. The molecule has 0 spiro atoms. The van der Waals surface area contributed by atoms with Gasteiger partial charge < -0.3 is 24.6 Å². The van der Waals surface area contributed by atoms with Crippen LogP contribution in [0.1, 0.15) is 73.3 Å². The van der Waals surface area contributed by atoms with Crippen LogP contribution in [0.15, 0.2) is 29.2 Å². The number of fused-ring (bicyclic) bond motifs is 1. The van der Waals surface area contributed by atoms with E-state index in [0.717, 1.165) is 85.2 Å². The van der Waals surface area contributed by atoms with Gasteiger partial charge in [0.2, 0.25) is 0 Å². The van der Waals surface area contributed by atoms with Crippen molar-refractivity contribution in [2.75, 3.05) is 32.1 Å². The summed E-state index contributed by atoms with van der Waals surface area (Å²) in [4.78, 5) is 44.5. The number of amides is 2. The summed E-state index contributed by atoms with van der Waals surface area (Å²) in [6.07, 6.45) is 3.81. The maximum Gasteiger partial charge on any atom is 0.490 e. The van der Waals surface area contributed by atoms with Gasteiger partial charge >= 0.3 is 12.1 Å². The molecular weight excluding hydrogens is 665 g/mol. The van der Waals surface area contributed by atoms with E-state index in [-0.39, 0.29) is 11.1 Å². The van der Waals surface area contributed by atoms with Gasteiger partial charge in [-0.05, 0) is 111 Å². The number of nitrogens with zero attached hydrogens (tertiary/aromatic N) is 1. The van der Waals surface area contributed by atoms with E-state index < -0.39 is 17.7 Å². The van der Waals surface area contributed by atoms with Gasteiger partial charge in [0.25, 0.3) is 17.6 Å². The van der Waals surface area contributed by atoms with Gasteiger partial charge in [0.15, 0.2) is 0 Å². The molecule has 2 amide bonds. The molecule has 0 bridgehead atoms. The summed E-state index contributed by atoms with van der Waals surface area (Å²) in [6.45, 7) is 11.0. The third kappa shape index (κ3) is 10.9. The van der Waals surface area contributed by atoms with Gasteiger partial charge in [-0.15, -0.1) is 0 Å². The number of ether oxygens (including phenoxy) is 3. The van der Waals surface area contributed by atoms with Crippen LogP contribution in [0, 0.1) is 20.8 Å². The Morgan fingerprint density at radius 2 is 1.69 bits per heavy atom. The second kappa shape index (κ2) is 17.5. The SMILES string of the molecule is Cc1c(C)c2c(c(C)c1NCCCCCCCOC=O)CCC(C)(COc1ccc(/C=C3\SC(=O)N(C)C3=O)cc1)O2.O=C(O)C(F)(F)F. The van der Waals surface area contributed by atoms with Crippen molar-refractivity contribution in [1.29, 1.82) is 0 Å². The molecular formula is C35H43F3N2O8S. The molecule has 0 radical (unpaired) electrons. The molecule has 1 fully saturated rings. The van der Waals surface area contributed by atoms with Gasteiger partial charge in [0, 0.05) is 19.3 Å². The van der Waals surface area contributed by atoms with E-state index in [0.29, 0.717) is 24.6 Å². The number of aliphatic carboxylic acids is 1. The molecule has 4 rings (SSSR count). The first-order chi connectivity index (χ1) is 23.1. The summed E-state index contributed by atoms with van der Waals surface area (Å²) in [7, 11) is 1.49. The molecule has 2 aliphatic rings. The monoisotopic (exact) mass is 708 g/mol. The molecule has 0 aliphatic carbocycles. The zero-order valence-corrected chi connectivity index (χ0v) is 29.1. The lowest BCUT2D eigenvalue weighted by Gasteiger charge is -2.38. The number of carbonyl (C=O) groups is 4. The van der Waals surface area contributed by atoms with E-state index in [2.05, 4.69) is 33.0 Å². The van der Waals surface area contributed by atoms with Crippen LogP contribution < -0.4 is 14.8 Å². The second-order valence-corrected chi connectivity index (χ2v) is 13.2. The number of anilines is 1. The van der Waals surface area contributed by atoms with Crippen LogP contribution in [-0.4, -0.2) is 72.2 Å². The summed E-state index contributed by atoms with van der Waals surface area (Å²) >= 11 is 0.952. The maximum absolute atomic E-state index is 12.2. The van der Waals surface area contributed by atoms with Crippen LogP contribution in [0.2, 0.25) is 0 Å². The number of alkyl halides is 3. The van der Waals surface area contributed by atoms with E-state index >= 15 is 0 Å². The average Bonchev–Trinajstić information content (AvgIpc) is 3.29. The number of rotatable bonds is 14. The Hall–Kier alpha value is -4.20. The van der Waals surface area contributed by atoms with Gasteiger partial charge in [-0.3, -0.25) is 19.3 Å². The molecule has 14 heteroatoms. The number of carboxylic acid groups (broad SMARTS) is 1. The number of likely N-dealkylation sites (N-methyl/N-ethyl adjacent to an activating group) is 1. The Balaban J connectivity index is 0.000000838. The Bertz CT molecular complexity index is 1540. The van der Waals surface area contributed by atoms with Crippen LogP contribution in [0.25, 0.3) is 6.08 Å². The summed E-state index contributed by atoms with van der Waals surface area (Å²) in [6, 6.07) is 7.52. The maximum atomic E-state index is 12.2. The molecule has 0 saturated carbocycles. The highest BCUT2D eigenvalue weighted by Gasteiger charge is 2.38. The molecule has 1 saturated heterocycles. The Morgan fingerprint density at radius 1 is 1.06 bits per heavy atom. The number of benzene rings is 2. The first kappa shape index (κ1) is 39.2. The number of hydrogen-bond acceptors (Lipinski definition) is 9. The predicted molar refractivity (Wildman–Crippen MR) is 181 cm³/mol. The molecule has 2 aromatic carbocycles. The zero-order valence-electron chi connectivity index (χ0n) is 28.3. The minimum absolute atomic E-state index is 0.260. The van der Waals surface area contributed by atoms with E-state index in [9.17, 15) is 27.6 Å². The Labute approximate surface area is 288 Å². The predicted octanol–water partition coefficient (Wildman–Crippen LogP) is 7.61. The van der Waals surface area contributed by atoms with Gasteiger partial charge in [-0.1, -0.05) is 31.4 Å². The molecule has 49 heavy (non-hydrogen) atoms. The third-order valence-electron chi connectivity index (χ3n) is 8.39. The fraction of sp³-hybridized carbons (Fsp3) is 0.486. The van der Waals surface area contributed by atoms with Crippen LogP contribution in [-0.2, 0) is 25.5 Å². The van der Waals surface area contributed by atoms with Gasteiger partial charge in [-0.2, -0.15) is 13.2 Å². The molecule has 0 aromatic heterocycles. The molecule has 1 unspecified atom stereocenters. The summed E-state index contributed by atoms with van der Waals surface area (Å²) in [5.74, 6) is -1.33. The van der Waals surface area contributed by atoms with Crippen molar-refractivity contribution >= 4 is 47.1 Å².